The quantitative estimate of drug-likeness (QED) is 0.438. The predicted octanol–water partition coefficient (Wildman–Crippen LogP) is 3.01. The van der Waals surface area contributed by atoms with E-state index in [1.807, 2.05) is 0 Å². The lowest BCUT2D eigenvalue weighted by molar-refractivity contribution is -0.140. The van der Waals surface area contributed by atoms with E-state index in [9.17, 15) is 4.79 Å². The van der Waals surface area contributed by atoms with Crippen LogP contribution in [0.1, 0.15) is 33.6 Å². The lowest BCUT2D eigenvalue weighted by Gasteiger charge is -2.31. The Bertz CT molecular complexity index is 346. The number of hydrogen-bond acceptors (Lipinski definition) is 3. The van der Waals surface area contributed by atoms with Crippen LogP contribution in [-0.4, -0.2) is 19.7 Å². The molecule has 0 heterocycles. The second-order valence-corrected chi connectivity index (χ2v) is 5.96. The molecule has 5 atom stereocenters. The van der Waals surface area contributed by atoms with Crippen molar-refractivity contribution in [3.05, 3.63) is 11.8 Å². The molecule has 3 nitrogen and oxygen atoms in total. The molecule has 2 fully saturated rings. The van der Waals surface area contributed by atoms with Crippen LogP contribution >= 0.6 is 0 Å². The first-order valence-corrected chi connectivity index (χ1v) is 6.92. The van der Waals surface area contributed by atoms with E-state index < -0.39 is 0 Å². The Balaban J connectivity index is 1.81. The first-order chi connectivity index (χ1) is 8.52. The van der Waals surface area contributed by atoms with Crippen LogP contribution in [0.3, 0.4) is 0 Å². The van der Waals surface area contributed by atoms with Gasteiger partial charge in [-0.05, 0) is 49.4 Å². The topological polar surface area (TPSA) is 35.5 Å². The van der Waals surface area contributed by atoms with Crippen LogP contribution in [0.25, 0.3) is 0 Å². The zero-order valence-electron chi connectivity index (χ0n) is 11.8. The number of fused-ring (bicyclic) bond motifs is 2. The maximum absolute atomic E-state index is 11.5. The molecule has 3 heteroatoms. The Kier molecular flexibility index (Phi) is 3.98. The molecule has 0 aliphatic heterocycles. The van der Waals surface area contributed by atoms with Crippen molar-refractivity contribution < 1.29 is 14.3 Å². The first-order valence-electron chi connectivity index (χ1n) is 6.92. The Morgan fingerprint density at radius 2 is 2.00 bits per heavy atom. The number of hydrogen-bond donors (Lipinski definition) is 0. The third kappa shape index (κ3) is 2.55. The van der Waals surface area contributed by atoms with Crippen molar-refractivity contribution in [2.75, 3.05) is 13.7 Å². The molecule has 5 unspecified atom stereocenters. The van der Waals surface area contributed by atoms with Gasteiger partial charge in [0.2, 0.25) is 0 Å². The summed E-state index contributed by atoms with van der Waals surface area (Å²) in [5.41, 5.74) is 0. The Hall–Kier alpha value is -0.990. The van der Waals surface area contributed by atoms with Gasteiger partial charge in [-0.1, -0.05) is 13.8 Å². The van der Waals surface area contributed by atoms with Crippen molar-refractivity contribution in [2.24, 2.45) is 29.6 Å². The highest BCUT2D eigenvalue weighted by molar-refractivity contribution is 5.82. The molecular weight excluding hydrogens is 228 g/mol. The van der Waals surface area contributed by atoms with E-state index in [4.69, 9.17) is 9.47 Å². The first kappa shape index (κ1) is 13.4. The van der Waals surface area contributed by atoms with Gasteiger partial charge in [0.25, 0.3) is 0 Å². The lowest BCUT2D eigenvalue weighted by Crippen LogP contribution is -2.28. The standard InChI is InChI=1S/C15H24O3/c1-9(17-4)5-15(16)18-8-13-6-12-7-14(13)11(3)10(12)2/h5,10-14H,6-8H2,1-4H3/b9-5+. The van der Waals surface area contributed by atoms with Gasteiger partial charge >= 0.3 is 5.97 Å². The molecule has 0 aromatic carbocycles. The van der Waals surface area contributed by atoms with Gasteiger partial charge in [0.15, 0.2) is 0 Å². The molecule has 0 aromatic heterocycles. The van der Waals surface area contributed by atoms with Crippen molar-refractivity contribution in [2.45, 2.75) is 33.6 Å². The molecule has 102 valence electrons. The third-order valence-electron chi connectivity index (χ3n) is 5.12. The molecule has 0 radical (unpaired) electrons. The Morgan fingerprint density at radius 1 is 1.28 bits per heavy atom. The van der Waals surface area contributed by atoms with Crippen LogP contribution in [0.15, 0.2) is 11.8 Å². The van der Waals surface area contributed by atoms with E-state index in [0.29, 0.717) is 18.3 Å². The summed E-state index contributed by atoms with van der Waals surface area (Å²) in [5, 5.41) is 0. The Morgan fingerprint density at radius 3 is 2.56 bits per heavy atom. The minimum Gasteiger partial charge on any atom is -0.501 e. The van der Waals surface area contributed by atoms with Gasteiger partial charge < -0.3 is 9.47 Å². The van der Waals surface area contributed by atoms with Gasteiger partial charge in [-0.15, -0.1) is 0 Å². The van der Waals surface area contributed by atoms with Crippen molar-refractivity contribution in [1.29, 1.82) is 0 Å². The van der Waals surface area contributed by atoms with Crippen molar-refractivity contribution in [1.82, 2.24) is 0 Å². The fourth-order valence-electron chi connectivity index (χ4n) is 3.74. The summed E-state index contributed by atoms with van der Waals surface area (Å²) < 4.78 is 10.3. The highest BCUT2D eigenvalue weighted by Gasteiger charge is 2.48. The number of carbonyl (C=O) groups excluding carboxylic acids is 1. The molecule has 0 spiro atoms. The number of rotatable bonds is 4. The third-order valence-corrected chi connectivity index (χ3v) is 5.12. The zero-order valence-corrected chi connectivity index (χ0v) is 11.8. The largest absolute Gasteiger partial charge is 0.501 e. The minimum atomic E-state index is -0.280. The lowest BCUT2D eigenvalue weighted by atomic mass is 9.76. The van der Waals surface area contributed by atoms with Crippen molar-refractivity contribution >= 4 is 5.97 Å². The van der Waals surface area contributed by atoms with Gasteiger partial charge in [-0.3, -0.25) is 0 Å². The summed E-state index contributed by atoms with van der Waals surface area (Å²) in [6, 6.07) is 0. The van der Waals surface area contributed by atoms with E-state index in [0.717, 1.165) is 23.7 Å². The summed E-state index contributed by atoms with van der Waals surface area (Å²) >= 11 is 0. The maximum atomic E-state index is 11.5. The summed E-state index contributed by atoms with van der Waals surface area (Å²) in [5.74, 6) is 4.12. The molecule has 2 bridgehead atoms. The van der Waals surface area contributed by atoms with E-state index in [1.54, 1.807) is 14.0 Å². The molecule has 18 heavy (non-hydrogen) atoms. The molecule has 0 saturated heterocycles. The number of carbonyl (C=O) groups is 1. The van der Waals surface area contributed by atoms with E-state index >= 15 is 0 Å². The fourth-order valence-corrected chi connectivity index (χ4v) is 3.74. The molecule has 0 aromatic rings. The summed E-state index contributed by atoms with van der Waals surface area (Å²) in [6.07, 6.45) is 3.98. The van der Waals surface area contributed by atoms with Gasteiger partial charge in [-0.25, -0.2) is 4.79 Å². The SMILES string of the molecule is CO/C(C)=C/C(=O)OCC1CC2CC1C(C)C2C. The molecule has 0 amide bonds. The number of ether oxygens (including phenoxy) is 2. The van der Waals surface area contributed by atoms with Crippen LogP contribution in [-0.2, 0) is 14.3 Å². The van der Waals surface area contributed by atoms with Crippen LogP contribution in [0, 0.1) is 29.6 Å². The van der Waals surface area contributed by atoms with Gasteiger partial charge in [0.05, 0.1) is 25.6 Å². The molecule has 2 aliphatic rings. The average molecular weight is 252 g/mol. The molecule has 2 saturated carbocycles. The highest BCUT2D eigenvalue weighted by Crippen LogP contribution is 2.54. The van der Waals surface area contributed by atoms with Crippen LogP contribution < -0.4 is 0 Å². The predicted molar refractivity (Wildman–Crippen MR) is 69.8 cm³/mol. The molecule has 2 rings (SSSR count). The van der Waals surface area contributed by atoms with E-state index in [-0.39, 0.29) is 5.97 Å². The normalized spacial score (nSPS) is 38.9. The van der Waals surface area contributed by atoms with E-state index in [1.165, 1.54) is 18.9 Å². The van der Waals surface area contributed by atoms with Gasteiger partial charge in [0, 0.05) is 0 Å². The smallest absolute Gasteiger partial charge is 0.334 e. The number of allylic oxidation sites excluding steroid dienone is 1. The summed E-state index contributed by atoms with van der Waals surface area (Å²) in [7, 11) is 1.55. The zero-order chi connectivity index (χ0) is 13.3. The van der Waals surface area contributed by atoms with E-state index in [2.05, 4.69) is 13.8 Å². The van der Waals surface area contributed by atoms with Gasteiger partial charge in [0.1, 0.15) is 0 Å². The highest BCUT2D eigenvalue weighted by atomic mass is 16.5. The van der Waals surface area contributed by atoms with Crippen molar-refractivity contribution in [3.8, 4) is 0 Å². The average Bonchev–Trinajstić information content (AvgIpc) is 2.88. The fraction of sp³-hybridized carbons (Fsp3) is 0.800. The minimum absolute atomic E-state index is 0.280. The van der Waals surface area contributed by atoms with Gasteiger partial charge in [-0.2, -0.15) is 0 Å². The monoisotopic (exact) mass is 252 g/mol. The molecule has 2 aliphatic carbocycles. The second kappa shape index (κ2) is 5.33. The van der Waals surface area contributed by atoms with Crippen LogP contribution in [0.2, 0.25) is 0 Å². The molecular formula is C15H24O3. The number of esters is 1. The molecule has 0 N–H and O–H groups in total. The van der Waals surface area contributed by atoms with Crippen LogP contribution in [0.4, 0.5) is 0 Å². The summed E-state index contributed by atoms with van der Waals surface area (Å²) in [6.45, 7) is 7.04. The summed E-state index contributed by atoms with van der Waals surface area (Å²) in [4.78, 5) is 11.5. The second-order valence-electron chi connectivity index (χ2n) is 5.96. The Labute approximate surface area is 110 Å². The van der Waals surface area contributed by atoms with Crippen molar-refractivity contribution in [3.63, 3.8) is 0 Å². The number of methoxy groups -OCH3 is 1. The maximum Gasteiger partial charge on any atom is 0.334 e. The van der Waals surface area contributed by atoms with Crippen LogP contribution in [0.5, 0.6) is 0 Å².